The molecule has 1 aromatic rings. The molecular weight excluding hydrogens is 266 g/mol. The van der Waals surface area contributed by atoms with Crippen LogP contribution in [0.15, 0.2) is 18.2 Å². The number of hydrogen-bond donors (Lipinski definition) is 1. The Labute approximate surface area is 115 Å². The maximum absolute atomic E-state index is 13.3. The summed E-state index contributed by atoms with van der Waals surface area (Å²) in [5, 5.41) is 0. The van der Waals surface area contributed by atoms with Gasteiger partial charge in [0.25, 0.3) is 0 Å². The standard InChI is InChI=1S/C14H16F2N2O2/c15-10-2-1-9(7-11(10)16)12-8-18(5-6-20-12)13(19)14(17)3-4-14/h1-2,7,12H,3-6,8,17H2. The Balaban J connectivity index is 1.74. The molecular formula is C14H16F2N2O2. The van der Waals surface area contributed by atoms with Gasteiger partial charge in [0.15, 0.2) is 11.6 Å². The third kappa shape index (κ3) is 2.41. The monoisotopic (exact) mass is 282 g/mol. The van der Waals surface area contributed by atoms with Gasteiger partial charge in [0.1, 0.15) is 6.10 Å². The number of amides is 1. The lowest BCUT2D eigenvalue weighted by molar-refractivity contribution is -0.141. The van der Waals surface area contributed by atoms with Crippen LogP contribution in [0.2, 0.25) is 0 Å². The Bertz CT molecular complexity index is 546. The van der Waals surface area contributed by atoms with Gasteiger partial charge in [0, 0.05) is 6.54 Å². The Hall–Kier alpha value is -1.53. The largest absolute Gasteiger partial charge is 0.370 e. The molecule has 2 N–H and O–H groups in total. The highest BCUT2D eigenvalue weighted by Gasteiger charge is 2.48. The molecule has 1 heterocycles. The average molecular weight is 282 g/mol. The van der Waals surface area contributed by atoms with Gasteiger partial charge in [-0.3, -0.25) is 4.79 Å². The molecule has 108 valence electrons. The Morgan fingerprint density at radius 3 is 2.75 bits per heavy atom. The minimum atomic E-state index is -0.910. The van der Waals surface area contributed by atoms with E-state index in [1.54, 1.807) is 4.90 Å². The summed E-state index contributed by atoms with van der Waals surface area (Å²) >= 11 is 0. The molecule has 1 aliphatic heterocycles. The number of nitrogens with zero attached hydrogens (tertiary/aromatic N) is 1. The maximum atomic E-state index is 13.3. The van der Waals surface area contributed by atoms with Crippen molar-refractivity contribution in [2.24, 2.45) is 5.73 Å². The van der Waals surface area contributed by atoms with Gasteiger partial charge in [-0.15, -0.1) is 0 Å². The van der Waals surface area contributed by atoms with Gasteiger partial charge in [0.05, 0.1) is 18.7 Å². The van der Waals surface area contributed by atoms with Crippen molar-refractivity contribution in [1.82, 2.24) is 4.90 Å². The van der Waals surface area contributed by atoms with E-state index < -0.39 is 23.3 Å². The van der Waals surface area contributed by atoms with Gasteiger partial charge in [-0.05, 0) is 30.5 Å². The molecule has 1 aliphatic carbocycles. The van der Waals surface area contributed by atoms with Gasteiger partial charge in [-0.1, -0.05) is 6.07 Å². The molecule has 0 radical (unpaired) electrons. The van der Waals surface area contributed by atoms with Crippen LogP contribution in [0.25, 0.3) is 0 Å². The van der Waals surface area contributed by atoms with Crippen molar-refractivity contribution in [3.8, 4) is 0 Å². The van der Waals surface area contributed by atoms with Crippen LogP contribution in [0.1, 0.15) is 24.5 Å². The lowest BCUT2D eigenvalue weighted by Crippen LogP contribution is -2.50. The number of benzene rings is 1. The van der Waals surface area contributed by atoms with Crippen molar-refractivity contribution in [1.29, 1.82) is 0 Å². The van der Waals surface area contributed by atoms with E-state index >= 15 is 0 Å². The molecule has 1 saturated heterocycles. The first kappa shape index (κ1) is 13.5. The third-order valence-electron chi connectivity index (χ3n) is 3.88. The first-order valence-corrected chi connectivity index (χ1v) is 6.64. The number of ether oxygens (including phenoxy) is 1. The maximum Gasteiger partial charge on any atom is 0.242 e. The fourth-order valence-electron chi connectivity index (χ4n) is 2.41. The zero-order valence-electron chi connectivity index (χ0n) is 10.9. The summed E-state index contributed by atoms with van der Waals surface area (Å²) in [5.74, 6) is -1.88. The molecule has 1 saturated carbocycles. The minimum absolute atomic E-state index is 0.0756. The molecule has 1 amide bonds. The van der Waals surface area contributed by atoms with Gasteiger partial charge in [-0.25, -0.2) is 8.78 Å². The molecule has 0 bridgehead atoms. The SMILES string of the molecule is NC1(C(=O)N2CCOC(c3ccc(F)c(F)c3)C2)CC1. The zero-order valence-corrected chi connectivity index (χ0v) is 10.9. The van der Waals surface area contributed by atoms with E-state index in [0.717, 1.165) is 12.1 Å². The topological polar surface area (TPSA) is 55.6 Å². The lowest BCUT2D eigenvalue weighted by Gasteiger charge is -2.34. The van der Waals surface area contributed by atoms with Gasteiger partial charge < -0.3 is 15.4 Å². The first-order valence-electron chi connectivity index (χ1n) is 6.64. The summed E-state index contributed by atoms with van der Waals surface area (Å²) in [6.07, 6.45) is 0.975. The van der Waals surface area contributed by atoms with Crippen LogP contribution in [-0.2, 0) is 9.53 Å². The van der Waals surface area contributed by atoms with Crippen molar-refractivity contribution < 1.29 is 18.3 Å². The zero-order chi connectivity index (χ0) is 14.3. The number of carbonyl (C=O) groups is 1. The summed E-state index contributed by atoms with van der Waals surface area (Å²) in [4.78, 5) is 13.8. The number of rotatable bonds is 2. The second kappa shape index (κ2) is 4.79. The van der Waals surface area contributed by atoms with Crippen molar-refractivity contribution in [2.75, 3.05) is 19.7 Å². The summed E-state index contributed by atoms with van der Waals surface area (Å²) < 4.78 is 31.7. The highest BCUT2D eigenvalue weighted by atomic mass is 19.2. The summed E-state index contributed by atoms with van der Waals surface area (Å²) in [7, 11) is 0. The molecule has 1 aromatic carbocycles. The molecule has 20 heavy (non-hydrogen) atoms. The van der Waals surface area contributed by atoms with E-state index in [-0.39, 0.29) is 5.91 Å². The smallest absolute Gasteiger partial charge is 0.242 e. The number of halogens is 2. The fourth-order valence-corrected chi connectivity index (χ4v) is 2.41. The van der Waals surface area contributed by atoms with Crippen LogP contribution >= 0.6 is 0 Å². The minimum Gasteiger partial charge on any atom is -0.370 e. The van der Waals surface area contributed by atoms with Crippen molar-refractivity contribution in [3.05, 3.63) is 35.4 Å². The number of carbonyl (C=O) groups excluding carboxylic acids is 1. The first-order chi connectivity index (χ1) is 9.49. The van der Waals surface area contributed by atoms with E-state index in [1.807, 2.05) is 0 Å². The predicted octanol–water partition coefficient (Wildman–Crippen LogP) is 1.36. The van der Waals surface area contributed by atoms with E-state index in [9.17, 15) is 13.6 Å². The average Bonchev–Trinajstić information content (AvgIpc) is 3.20. The van der Waals surface area contributed by atoms with Crippen molar-refractivity contribution in [2.45, 2.75) is 24.5 Å². The summed E-state index contributed by atoms with van der Waals surface area (Å²) in [6.45, 7) is 1.17. The second-order valence-electron chi connectivity index (χ2n) is 5.44. The fraction of sp³-hybridized carbons (Fsp3) is 0.500. The van der Waals surface area contributed by atoms with E-state index in [1.165, 1.54) is 6.07 Å². The molecule has 1 unspecified atom stereocenters. The summed E-state index contributed by atoms with van der Waals surface area (Å²) in [6, 6.07) is 3.66. The van der Waals surface area contributed by atoms with Gasteiger partial charge >= 0.3 is 0 Å². The Kier molecular flexibility index (Phi) is 3.22. The third-order valence-corrected chi connectivity index (χ3v) is 3.88. The molecule has 3 rings (SSSR count). The molecule has 4 nitrogen and oxygen atoms in total. The number of morpholine rings is 1. The Morgan fingerprint density at radius 2 is 2.10 bits per heavy atom. The van der Waals surface area contributed by atoms with E-state index in [2.05, 4.69) is 0 Å². The quantitative estimate of drug-likeness (QED) is 0.891. The van der Waals surface area contributed by atoms with E-state index in [0.29, 0.717) is 38.1 Å². The second-order valence-corrected chi connectivity index (χ2v) is 5.44. The van der Waals surface area contributed by atoms with Crippen molar-refractivity contribution in [3.63, 3.8) is 0 Å². The van der Waals surface area contributed by atoms with Crippen LogP contribution < -0.4 is 5.73 Å². The number of hydrogen-bond acceptors (Lipinski definition) is 3. The summed E-state index contributed by atoms with van der Waals surface area (Å²) in [5.41, 5.74) is 5.73. The molecule has 0 spiro atoms. The van der Waals surface area contributed by atoms with Gasteiger partial charge in [-0.2, -0.15) is 0 Å². The highest BCUT2D eigenvalue weighted by molar-refractivity contribution is 5.89. The predicted molar refractivity (Wildman–Crippen MR) is 67.8 cm³/mol. The molecule has 6 heteroatoms. The molecule has 1 atom stereocenters. The molecule has 2 fully saturated rings. The Morgan fingerprint density at radius 1 is 1.35 bits per heavy atom. The van der Waals surface area contributed by atoms with Crippen LogP contribution in [0.4, 0.5) is 8.78 Å². The highest BCUT2D eigenvalue weighted by Crippen LogP contribution is 2.35. The number of nitrogens with two attached hydrogens (primary N) is 1. The van der Waals surface area contributed by atoms with E-state index in [4.69, 9.17) is 10.5 Å². The molecule has 0 aromatic heterocycles. The van der Waals surface area contributed by atoms with Crippen LogP contribution in [-0.4, -0.2) is 36.0 Å². The molecule has 2 aliphatic rings. The van der Waals surface area contributed by atoms with Crippen LogP contribution in [0.3, 0.4) is 0 Å². The van der Waals surface area contributed by atoms with Crippen LogP contribution in [0.5, 0.6) is 0 Å². The van der Waals surface area contributed by atoms with Gasteiger partial charge in [0.2, 0.25) is 5.91 Å². The van der Waals surface area contributed by atoms with Crippen molar-refractivity contribution >= 4 is 5.91 Å². The normalized spacial score (nSPS) is 24.6. The lowest BCUT2D eigenvalue weighted by atomic mass is 10.1. The van der Waals surface area contributed by atoms with Crippen LogP contribution in [0, 0.1) is 11.6 Å².